The van der Waals surface area contributed by atoms with E-state index in [2.05, 4.69) is 5.32 Å². The third kappa shape index (κ3) is 5.49. The minimum absolute atomic E-state index is 0.0335. The van der Waals surface area contributed by atoms with Gasteiger partial charge in [0.15, 0.2) is 11.5 Å². The molecule has 1 aromatic carbocycles. The van der Waals surface area contributed by atoms with Crippen molar-refractivity contribution in [1.29, 1.82) is 0 Å². The van der Waals surface area contributed by atoms with Crippen LogP contribution in [0.2, 0.25) is 0 Å². The van der Waals surface area contributed by atoms with E-state index < -0.39 is 29.8 Å². The molecule has 1 aliphatic carbocycles. The number of carbonyl (C=O) groups is 1. The predicted molar refractivity (Wildman–Crippen MR) is 115 cm³/mol. The number of ether oxygens (including phenoxy) is 3. The first-order valence-electron chi connectivity index (χ1n) is 10.7. The normalized spacial score (nSPS) is 22.2. The minimum Gasteiger partial charge on any atom is -0.493 e. The zero-order valence-electron chi connectivity index (χ0n) is 19.1. The van der Waals surface area contributed by atoms with Gasteiger partial charge in [0.1, 0.15) is 5.60 Å². The number of rotatable bonds is 4. The summed E-state index contributed by atoms with van der Waals surface area (Å²) in [5, 5.41) is 2.94. The Morgan fingerprint density at radius 1 is 1.06 bits per heavy atom. The van der Waals surface area contributed by atoms with E-state index in [0.29, 0.717) is 11.5 Å². The van der Waals surface area contributed by atoms with Gasteiger partial charge in [-0.2, -0.15) is 13.2 Å². The number of fused-ring (bicyclic) bond motifs is 1. The molecular weight excluding hydrogens is 425 g/mol. The number of halogens is 3. The first-order chi connectivity index (χ1) is 14.9. The summed E-state index contributed by atoms with van der Waals surface area (Å²) >= 11 is 0. The van der Waals surface area contributed by atoms with Crippen LogP contribution < -0.4 is 14.8 Å². The Morgan fingerprint density at radius 2 is 1.66 bits per heavy atom. The van der Waals surface area contributed by atoms with Gasteiger partial charge in [-0.3, -0.25) is 4.90 Å². The molecule has 0 unspecified atom stereocenters. The first kappa shape index (κ1) is 24.2. The van der Waals surface area contributed by atoms with Crippen LogP contribution in [0.4, 0.5) is 18.0 Å². The number of carbonyl (C=O) groups excluding carboxylic acids is 1. The highest BCUT2D eigenvalue weighted by atomic mass is 19.4. The molecule has 1 aromatic rings. The van der Waals surface area contributed by atoms with Gasteiger partial charge in [0.2, 0.25) is 0 Å². The summed E-state index contributed by atoms with van der Waals surface area (Å²) < 4.78 is 55.7. The number of nitrogens with zero attached hydrogens (tertiary/aromatic N) is 1. The Kier molecular flexibility index (Phi) is 6.97. The molecule has 0 saturated carbocycles. The quantitative estimate of drug-likeness (QED) is 0.696. The number of hydrogen-bond donors (Lipinski definition) is 1. The van der Waals surface area contributed by atoms with Crippen molar-refractivity contribution < 1.29 is 32.2 Å². The van der Waals surface area contributed by atoms with Crippen LogP contribution in [0.1, 0.15) is 50.8 Å². The lowest BCUT2D eigenvalue weighted by Gasteiger charge is -2.42. The molecule has 1 N–H and O–H groups in total. The molecule has 1 amide bonds. The number of alkyl carbamates (subject to hydrolysis) is 1. The number of piperidine rings is 1. The molecular formula is C23H31F3N2O4. The van der Waals surface area contributed by atoms with Crippen molar-refractivity contribution in [2.24, 2.45) is 5.92 Å². The molecule has 178 valence electrons. The van der Waals surface area contributed by atoms with Gasteiger partial charge in [0, 0.05) is 0 Å². The number of nitrogens with one attached hydrogen (secondary N) is 1. The Morgan fingerprint density at radius 3 is 2.19 bits per heavy atom. The van der Waals surface area contributed by atoms with Crippen LogP contribution in [0.5, 0.6) is 11.5 Å². The van der Waals surface area contributed by atoms with Crippen LogP contribution >= 0.6 is 0 Å². The second-order valence-corrected chi connectivity index (χ2v) is 9.16. The van der Waals surface area contributed by atoms with Crippen molar-refractivity contribution in [3.8, 4) is 11.5 Å². The largest absolute Gasteiger partial charge is 0.493 e. The highest BCUT2D eigenvalue weighted by molar-refractivity contribution is 5.71. The van der Waals surface area contributed by atoms with Crippen LogP contribution in [0.3, 0.4) is 0 Å². The van der Waals surface area contributed by atoms with Crippen LogP contribution in [-0.4, -0.2) is 56.1 Å². The monoisotopic (exact) mass is 456 g/mol. The van der Waals surface area contributed by atoms with Gasteiger partial charge in [-0.25, -0.2) is 4.79 Å². The zero-order valence-corrected chi connectivity index (χ0v) is 19.1. The highest BCUT2D eigenvalue weighted by Gasteiger charge is 2.43. The topological polar surface area (TPSA) is 60.0 Å². The summed E-state index contributed by atoms with van der Waals surface area (Å²) in [5.41, 5.74) is 0.944. The SMILES string of the molecule is COc1cc2c(cc1OC)[C@H](NC(=O)OC(C)(C)C)[C@@H](N1CCC(C(F)(F)F)CC1)C=C2. The maximum atomic E-state index is 13.1. The molecule has 0 aromatic heterocycles. The Balaban J connectivity index is 1.91. The molecule has 2 atom stereocenters. The number of hydrogen-bond acceptors (Lipinski definition) is 5. The van der Waals surface area contributed by atoms with E-state index in [1.807, 2.05) is 23.1 Å². The van der Waals surface area contributed by atoms with Crippen LogP contribution in [0, 0.1) is 5.92 Å². The number of methoxy groups -OCH3 is 2. The van der Waals surface area contributed by atoms with Gasteiger partial charge in [-0.15, -0.1) is 0 Å². The van der Waals surface area contributed by atoms with E-state index in [0.717, 1.165) is 11.1 Å². The summed E-state index contributed by atoms with van der Waals surface area (Å²) in [6.45, 7) is 5.89. The molecule has 1 heterocycles. The minimum atomic E-state index is -4.18. The van der Waals surface area contributed by atoms with Crippen molar-refractivity contribution in [2.75, 3.05) is 27.3 Å². The van der Waals surface area contributed by atoms with Gasteiger partial charge in [0.05, 0.1) is 32.2 Å². The second-order valence-electron chi connectivity index (χ2n) is 9.16. The smallest absolute Gasteiger partial charge is 0.408 e. The summed E-state index contributed by atoms with van der Waals surface area (Å²) in [6, 6.07) is 2.78. The molecule has 2 aliphatic rings. The fourth-order valence-corrected chi connectivity index (χ4v) is 4.28. The third-order valence-corrected chi connectivity index (χ3v) is 5.83. The van der Waals surface area contributed by atoms with Crippen LogP contribution in [-0.2, 0) is 4.74 Å². The zero-order chi connectivity index (χ0) is 23.7. The lowest BCUT2D eigenvalue weighted by Crippen LogP contribution is -2.51. The highest BCUT2D eigenvalue weighted by Crippen LogP contribution is 2.41. The fourth-order valence-electron chi connectivity index (χ4n) is 4.28. The Bertz CT molecular complexity index is 856. The van der Waals surface area contributed by atoms with Crippen molar-refractivity contribution >= 4 is 12.2 Å². The van der Waals surface area contributed by atoms with E-state index in [1.54, 1.807) is 33.9 Å². The third-order valence-electron chi connectivity index (χ3n) is 5.83. The number of alkyl halides is 3. The van der Waals surface area contributed by atoms with Gasteiger partial charge < -0.3 is 19.5 Å². The fraction of sp³-hybridized carbons (Fsp3) is 0.609. The first-order valence-corrected chi connectivity index (χ1v) is 10.7. The number of amides is 1. The van der Waals surface area contributed by atoms with Gasteiger partial charge in [-0.1, -0.05) is 12.2 Å². The number of likely N-dealkylation sites (tertiary alicyclic amines) is 1. The molecule has 0 spiro atoms. The summed E-state index contributed by atoms with van der Waals surface area (Å²) in [5.74, 6) is -0.233. The predicted octanol–water partition coefficient (Wildman–Crippen LogP) is 4.94. The molecule has 9 heteroatoms. The lowest BCUT2D eigenvalue weighted by atomic mass is 9.86. The standard InChI is InChI=1S/C23H31F3N2O4/c1-22(2,3)32-21(29)27-20-16-13-19(31-5)18(30-4)12-14(16)6-7-17(20)28-10-8-15(9-11-28)23(24,25)26/h6-7,12-13,15,17,20H,8-11H2,1-5H3,(H,27,29)/t17-,20-/m0/s1. The van der Waals surface area contributed by atoms with E-state index >= 15 is 0 Å². The van der Waals surface area contributed by atoms with E-state index in [9.17, 15) is 18.0 Å². The Hall–Kier alpha value is -2.42. The Labute approximate surface area is 186 Å². The summed E-state index contributed by atoms with van der Waals surface area (Å²) in [6.07, 6.45) is -0.875. The summed E-state index contributed by atoms with van der Waals surface area (Å²) in [7, 11) is 3.07. The maximum absolute atomic E-state index is 13.1. The molecule has 1 saturated heterocycles. The lowest BCUT2D eigenvalue weighted by molar-refractivity contribution is -0.185. The average molecular weight is 457 g/mol. The van der Waals surface area contributed by atoms with Gasteiger partial charge >= 0.3 is 12.3 Å². The molecule has 1 aliphatic heterocycles. The van der Waals surface area contributed by atoms with Crippen LogP contribution in [0.25, 0.3) is 6.08 Å². The van der Waals surface area contributed by atoms with E-state index in [1.165, 1.54) is 7.11 Å². The van der Waals surface area contributed by atoms with Crippen LogP contribution in [0.15, 0.2) is 18.2 Å². The molecule has 3 rings (SSSR count). The maximum Gasteiger partial charge on any atom is 0.408 e. The van der Waals surface area contributed by atoms with Crippen molar-refractivity contribution in [3.63, 3.8) is 0 Å². The van der Waals surface area contributed by atoms with E-state index in [4.69, 9.17) is 14.2 Å². The molecule has 1 fully saturated rings. The molecule has 32 heavy (non-hydrogen) atoms. The molecule has 6 nitrogen and oxygen atoms in total. The van der Waals surface area contributed by atoms with Crippen molar-refractivity contribution in [2.45, 2.75) is 57.5 Å². The van der Waals surface area contributed by atoms with Gasteiger partial charge in [0.25, 0.3) is 0 Å². The molecule has 0 bridgehead atoms. The molecule has 0 radical (unpaired) electrons. The van der Waals surface area contributed by atoms with Gasteiger partial charge in [-0.05, 0) is 70.0 Å². The van der Waals surface area contributed by atoms with Crippen molar-refractivity contribution in [1.82, 2.24) is 10.2 Å². The van der Waals surface area contributed by atoms with Crippen molar-refractivity contribution in [3.05, 3.63) is 29.3 Å². The second kappa shape index (κ2) is 9.21. The average Bonchev–Trinajstić information content (AvgIpc) is 2.71. The summed E-state index contributed by atoms with van der Waals surface area (Å²) in [4.78, 5) is 14.6. The van der Waals surface area contributed by atoms with E-state index in [-0.39, 0.29) is 32.0 Å². The number of benzene rings is 1.